The van der Waals surface area contributed by atoms with Crippen LogP contribution >= 0.6 is 27.3 Å². The first-order valence-corrected chi connectivity index (χ1v) is 7.73. The third-order valence-electron chi connectivity index (χ3n) is 2.63. The van der Waals surface area contributed by atoms with Gasteiger partial charge < -0.3 is 15.8 Å². The van der Waals surface area contributed by atoms with Crippen LogP contribution in [0.3, 0.4) is 0 Å². The van der Waals surface area contributed by atoms with Gasteiger partial charge in [-0.25, -0.2) is 0 Å². The Bertz CT molecular complexity index is 580. The van der Waals surface area contributed by atoms with Gasteiger partial charge in [0.1, 0.15) is 5.75 Å². The number of nitrogens with two attached hydrogens (primary N) is 1. The highest BCUT2D eigenvalue weighted by Gasteiger charge is 1.98. The molecule has 1 aromatic heterocycles. The van der Waals surface area contributed by atoms with Crippen molar-refractivity contribution < 1.29 is 4.74 Å². The van der Waals surface area contributed by atoms with Crippen molar-refractivity contribution in [3.8, 4) is 5.75 Å². The van der Waals surface area contributed by atoms with E-state index in [9.17, 15) is 0 Å². The average Bonchev–Trinajstić information content (AvgIpc) is 2.85. The Morgan fingerprint density at radius 2 is 2.05 bits per heavy atom. The van der Waals surface area contributed by atoms with Gasteiger partial charge in [0.05, 0.1) is 10.9 Å². The molecule has 0 saturated heterocycles. The molecule has 2 aromatic rings. The predicted octanol–water partition coefficient (Wildman–Crippen LogP) is 3.49. The summed E-state index contributed by atoms with van der Waals surface area (Å²) in [5.74, 6) is 1.24. The Morgan fingerprint density at radius 3 is 2.65 bits per heavy atom. The molecule has 0 atom stereocenters. The minimum absolute atomic E-state index is 0.422. The topological polar surface area (TPSA) is 59.6 Å². The van der Waals surface area contributed by atoms with E-state index >= 15 is 0 Å². The van der Waals surface area contributed by atoms with Crippen molar-refractivity contribution in [3.63, 3.8) is 0 Å². The van der Waals surface area contributed by atoms with E-state index in [1.54, 1.807) is 18.4 Å². The van der Waals surface area contributed by atoms with Crippen LogP contribution in [0.25, 0.3) is 0 Å². The summed E-state index contributed by atoms with van der Waals surface area (Å²) in [6.07, 6.45) is 0.890. The van der Waals surface area contributed by atoms with Crippen molar-refractivity contribution in [1.82, 2.24) is 0 Å². The van der Waals surface area contributed by atoms with E-state index in [0.29, 0.717) is 12.5 Å². The number of nitrogens with one attached hydrogen (secondary N) is 1. The second kappa shape index (κ2) is 7.31. The molecule has 2 rings (SSSR count). The monoisotopic (exact) mass is 353 g/mol. The molecule has 0 spiro atoms. The maximum atomic E-state index is 5.85. The van der Waals surface area contributed by atoms with Crippen molar-refractivity contribution in [3.05, 3.63) is 45.1 Å². The maximum absolute atomic E-state index is 5.85. The third-order valence-corrected chi connectivity index (χ3v) is 4.32. The highest BCUT2D eigenvalue weighted by atomic mass is 79.9. The zero-order valence-electron chi connectivity index (χ0n) is 11.1. The van der Waals surface area contributed by atoms with Crippen LogP contribution in [-0.4, -0.2) is 19.6 Å². The van der Waals surface area contributed by atoms with Gasteiger partial charge >= 0.3 is 0 Å². The van der Waals surface area contributed by atoms with Gasteiger partial charge in [-0.1, -0.05) is 0 Å². The highest BCUT2D eigenvalue weighted by molar-refractivity contribution is 9.11. The average molecular weight is 354 g/mol. The van der Waals surface area contributed by atoms with E-state index in [-0.39, 0.29) is 0 Å². The fourth-order valence-corrected chi connectivity index (χ4v) is 3.11. The Morgan fingerprint density at radius 1 is 1.30 bits per heavy atom. The molecule has 0 unspecified atom stereocenters. The van der Waals surface area contributed by atoms with Gasteiger partial charge in [0.25, 0.3) is 0 Å². The van der Waals surface area contributed by atoms with Crippen molar-refractivity contribution in [1.29, 1.82) is 0 Å². The number of aliphatic imine (C=N–C) groups is 1. The Kier molecular flexibility index (Phi) is 5.43. The summed E-state index contributed by atoms with van der Waals surface area (Å²) in [5.41, 5.74) is 6.74. The van der Waals surface area contributed by atoms with Crippen LogP contribution in [0.5, 0.6) is 5.75 Å². The zero-order valence-corrected chi connectivity index (χ0v) is 13.5. The van der Waals surface area contributed by atoms with E-state index in [4.69, 9.17) is 10.5 Å². The van der Waals surface area contributed by atoms with E-state index in [2.05, 4.69) is 32.3 Å². The van der Waals surface area contributed by atoms with E-state index in [1.807, 2.05) is 30.3 Å². The number of ether oxygens (including phenoxy) is 1. The predicted molar refractivity (Wildman–Crippen MR) is 88.8 cm³/mol. The van der Waals surface area contributed by atoms with Crippen LogP contribution in [0.1, 0.15) is 4.88 Å². The summed E-state index contributed by atoms with van der Waals surface area (Å²) >= 11 is 5.16. The number of rotatable bonds is 5. The van der Waals surface area contributed by atoms with Crippen molar-refractivity contribution in [2.24, 2.45) is 10.7 Å². The molecule has 1 heterocycles. The van der Waals surface area contributed by atoms with Gasteiger partial charge in [-0.15, -0.1) is 11.3 Å². The molecule has 106 valence electrons. The molecule has 4 nitrogen and oxygen atoms in total. The third kappa shape index (κ3) is 4.54. The minimum Gasteiger partial charge on any atom is -0.497 e. The standard InChI is InChI=1S/C14H16BrN3OS/c1-19-11-4-2-10(3-5-11)18-14(16)17-9-8-12-6-7-13(15)20-12/h2-7H,8-9H2,1H3,(H3,16,17,18). The van der Waals surface area contributed by atoms with Gasteiger partial charge in [0.15, 0.2) is 5.96 Å². The lowest BCUT2D eigenvalue weighted by atomic mass is 10.3. The Balaban J connectivity index is 1.83. The number of halogens is 1. The number of nitrogens with zero attached hydrogens (tertiary/aromatic N) is 1. The minimum atomic E-state index is 0.422. The second-order valence-corrected chi connectivity index (χ2v) is 6.62. The lowest BCUT2D eigenvalue weighted by molar-refractivity contribution is 0.415. The summed E-state index contributed by atoms with van der Waals surface area (Å²) in [6.45, 7) is 0.669. The molecular formula is C14H16BrN3OS. The number of methoxy groups -OCH3 is 1. The van der Waals surface area contributed by atoms with Crippen LogP contribution in [0.4, 0.5) is 5.69 Å². The molecule has 1 aromatic carbocycles. The molecule has 0 aliphatic heterocycles. The van der Waals surface area contributed by atoms with Crippen LogP contribution in [0.2, 0.25) is 0 Å². The molecular weight excluding hydrogens is 338 g/mol. The first-order chi connectivity index (χ1) is 9.67. The summed E-state index contributed by atoms with van der Waals surface area (Å²) in [6, 6.07) is 11.7. The largest absolute Gasteiger partial charge is 0.497 e. The summed E-state index contributed by atoms with van der Waals surface area (Å²) in [7, 11) is 1.64. The molecule has 20 heavy (non-hydrogen) atoms. The van der Waals surface area contributed by atoms with Gasteiger partial charge in [-0.3, -0.25) is 4.99 Å². The maximum Gasteiger partial charge on any atom is 0.193 e. The van der Waals surface area contributed by atoms with Crippen LogP contribution < -0.4 is 15.8 Å². The van der Waals surface area contributed by atoms with E-state index < -0.39 is 0 Å². The first kappa shape index (κ1) is 14.9. The normalized spacial score (nSPS) is 11.4. The number of benzene rings is 1. The van der Waals surface area contributed by atoms with Crippen LogP contribution in [0, 0.1) is 0 Å². The number of anilines is 1. The number of guanidine groups is 1. The second-order valence-electron chi connectivity index (χ2n) is 4.08. The highest BCUT2D eigenvalue weighted by Crippen LogP contribution is 2.22. The molecule has 0 fully saturated rings. The molecule has 0 aliphatic rings. The van der Waals surface area contributed by atoms with Crippen molar-refractivity contribution >= 4 is 38.9 Å². The molecule has 0 bridgehead atoms. The number of hydrogen-bond acceptors (Lipinski definition) is 3. The number of thiophene rings is 1. The Hall–Kier alpha value is -1.53. The fourth-order valence-electron chi connectivity index (χ4n) is 1.63. The molecule has 0 saturated carbocycles. The van der Waals surface area contributed by atoms with Crippen molar-refractivity contribution in [2.45, 2.75) is 6.42 Å². The zero-order chi connectivity index (χ0) is 14.4. The summed E-state index contributed by atoms with van der Waals surface area (Å²) < 4.78 is 6.24. The molecule has 0 radical (unpaired) electrons. The van der Waals surface area contributed by atoms with Crippen LogP contribution in [0.15, 0.2) is 45.2 Å². The van der Waals surface area contributed by atoms with E-state index in [1.165, 1.54) is 4.88 Å². The molecule has 6 heteroatoms. The van der Waals surface area contributed by atoms with Gasteiger partial charge in [0.2, 0.25) is 0 Å². The fraction of sp³-hybridized carbons (Fsp3) is 0.214. The quantitative estimate of drug-likeness (QED) is 0.638. The number of hydrogen-bond donors (Lipinski definition) is 2. The SMILES string of the molecule is COc1ccc(NC(N)=NCCc2ccc(Br)s2)cc1. The van der Waals surface area contributed by atoms with Gasteiger partial charge in [-0.2, -0.15) is 0 Å². The lowest BCUT2D eigenvalue weighted by Gasteiger charge is -2.06. The smallest absolute Gasteiger partial charge is 0.193 e. The Labute approximate surface area is 130 Å². The summed E-state index contributed by atoms with van der Waals surface area (Å²) in [5, 5.41) is 3.05. The van der Waals surface area contributed by atoms with Gasteiger partial charge in [0, 0.05) is 23.5 Å². The first-order valence-electron chi connectivity index (χ1n) is 6.12. The van der Waals surface area contributed by atoms with Crippen LogP contribution in [-0.2, 0) is 6.42 Å². The molecule has 0 aliphatic carbocycles. The molecule has 3 N–H and O–H groups in total. The van der Waals surface area contributed by atoms with Crippen molar-refractivity contribution in [2.75, 3.05) is 19.0 Å². The van der Waals surface area contributed by atoms with Gasteiger partial charge in [-0.05, 0) is 52.3 Å². The van der Waals surface area contributed by atoms with E-state index in [0.717, 1.165) is 21.6 Å². The lowest BCUT2D eigenvalue weighted by Crippen LogP contribution is -2.23. The molecule has 0 amide bonds. The summed E-state index contributed by atoms with van der Waals surface area (Å²) in [4.78, 5) is 5.60.